The summed E-state index contributed by atoms with van der Waals surface area (Å²) in [4.78, 5) is 0. The Morgan fingerprint density at radius 1 is 1.25 bits per heavy atom. The second kappa shape index (κ2) is 4.37. The van der Waals surface area contributed by atoms with E-state index in [4.69, 9.17) is 0 Å². The zero-order valence-electron chi connectivity index (χ0n) is 6.66. The van der Waals surface area contributed by atoms with Crippen LogP contribution in [0.3, 0.4) is 0 Å². The first kappa shape index (κ1) is 10.2. The van der Waals surface area contributed by atoms with Crippen LogP contribution in [0.4, 0.5) is 13.2 Å². The molecule has 1 fully saturated rings. The van der Waals surface area contributed by atoms with Crippen LogP contribution in [-0.4, -0.2) is 30.3 Å². The summed E-state index contributed by atoms with van der Waals surface area (Å²) < 4.78 is 35.2. The summed E-state index contributed by atoms with van der Waals surface area (Å²) in [6.07, 6.45) is -2.34. The quantitative estimate of drug-likeness (QED) is 0.730. The summed E-state index contributed by atoms with van der Waals surface area (Å²) >= 11 is 1.81. The van der Waals surface area contributed by atoms with Crippen molar-refractivity contribution in [1.82, 2.24) is 5.32 Å². The number of nitrogens with one attached hydrogen (secondary N) is 1. The Bertz CT molecular complexity index is 131. The fourth-order valence-electron chi connectivity index (χ4n) is 1.16. The van der Waals surface area contributed by atoms with Gasteiger partial charge in [0.05, 0.1) is 6.54 Å². The minimum absolute atomic E-state index is 0.0767. The van der Waals surface area contributed by atoms with Crippen LogP contribution >= 0.6 is 11.8 Å². The lowest BCUT2D eigenvalue weighted by atomic mass is 10.1. The molecule has 0 radical (unpaired) electrons. The van der Waals surface area contributed by atoms with Crippen LogP contribution in [-0.2, 0) is 0 Å². The largest absolute Gasteiger partial charge is 0.401 e. The molecule has 12 heavy (non-hydrogen) atoms. The second-order valence-electron chi connectivity index (χ2n) is 2.88. The third kappa shape index (κ3) is 4.21. The average Bonchev–Trinajstić information content (AvgIpc) is 2.02. The molecule has 0 aliphatic carbocycles. The average molecular weight is 199 g/mol. The molecule has 0 atom stereocenters. The van der Waals surface area contributed by atoms with Gasteiger partial charge in [0, 0.05) is 6.04 Å². The number of alkyl halides is 3. The van der Waals surface area contributed by atoms with Gasteiger partial charge in [-0.3, -0.25) is 0 Å². The smallest absolute Gasteiger partial charge is 0.306 e. The standard InChI is InChI=1S/C7H12F3NS/c8-7(9,10)5-11-6-1-3-12-4-2-6/h6,11H,1-5H2. The molecule has 0 amide bonds. The van der Waals surface area contributed by atoms with Gasteiger partial charge >= 0.3 is 6.18 Å². The zero-order chi connectivity index (χ0) is 9.03. The second-order valence-corrected chi connectivity index (χ2v) is 4.11. The Morgan fingerprint density at radius 3 is 2.33 bits per heavy atom. The maximum absolute atomic E-state index is 11.7. The number of thioether (sulfide) groups is 1. The van der Waals surface area contributed by atoms with E-state index >= 15 is 0 Å². The van der Waals surface area contributed by atoms with E-state index in [1.165, 1.54) is 0 Å². The van der Waals surface area contributed by atoms with Crippen LogP contribution < -0.4 is 5.32 Å². The zero-order valence-corrected chi connectivity index (χ0v) is 7.47. The maximum atomic E-state index is 11.7. The molecule has 0 spiro atoms. The van der Waals surface area contributed by atoms with Crippen molar-refractivity contribution in [3.05, 3.63) is 0 Å². The highest BCUT2D eigenvalue weighted by atomic mass is 32.2. The number of halogens is 3. The highest BCUT2D eigenvalue weighted by Gasteiger charge is 2.28. The first-order valence-electron chi connectivity index (χ1n) is 3.96. The summed E-state index contributed by atoms with van der Waals surface area (Å²) in [6.45, 7) is -0.845. The monoisotopic (exact) mass is 199 g/mol. The van der Waals surface area contributed by atoms with Crippen LogP contribution in [0.25, 0.3) is 0 Å². The van der Waals surface area contributed by atoms with E-state index in [9.17, 15) is 13.2 Å². The van der Waals surface area contributed by atoms with Gasteiger partial charge in [-0.15, -0.1) is 0 Å². The van der Waals surface area contributed by atoms with E-state index in [1.54, 1.807) is 0 Å². The summed E-state index contributed by atoms with van der Waals surface area (Å²) in [6, 6.07) is 0.0767. The van der Waals surface area contributed by atoms with Crippen LogP contribution in [0.2, 0.25) is 0 Å². The minimum Gasteiger partial charge on any atom is -0.306 e. The third-order valence-corrected chi connectivity index (χ3v) is 2.86. The van der Waals surface area contributed by atoms with Gasteiger partial charge in [-0.05, 0) is 24.3 Å². The number of hydrogen-bond donors (Lipinski definition) is 1. The van der Waals surface area contributed by atoms with Gasteiger partial charge in [0.1, 0.15) is 0 Å². The van der Waals surface area contributed by atoms with Crippen molar-refractivity contribution in [2.45, 2.75) is 25.1 Å². The molecular formula is C7H12F3NS. The lowest BCUT2D eigenvalue weighted by Crippen LogP contribution is -2.39. The molecule has 1 saturated heterocycles. The molecule has 0 aromatic rings. The van der Waals surface area contributed by atoms with E-state index in [2.05, 4.69) is 5.32 Å². The van der Waals surface area contributed by atoms with Crippen molar-refractivity contribution in [3.8, 4) is 0 Å². The summed E-state index contributed by atoms with van der Waals surface area (Å²) in [5, 5.41) is 2.52. The van der Waals surface area contributed by atoms with Gasteiger partial charge in [-0.2, -0.15) is 24.9 Å². The van der Waals surface area contributed by atoms with Crippen molar-refractivity contribution in [3.63, 3.8) is 0 Å². The van der Waals surface area contributed by atoms with Gasteiger partial charge in [0.2, 0.25) is 0 Å². The van der Waals surface area contributed by atoms with Crippen LogP contribution in [0.15, 0.2) is 0 Å². The van der Waals surface area contributed by atoms with Gasteiger partial charge in [-0.1, -0.05) is 0 Å². The van der Waals surface area contributed by atoms with E-state index < -0.39 is 12.7 Å². The molecule has 0 bridgehead atoms. The van der Waals surface area contributed by atoms with Crippen LogP contribution in [0.1, 0.15) is 12.8 Å². The van der Waals surface area contributed by atoms with Crippen molar-refractivity contribution in [2.24, 2.45) is 0 Å². The number of hydrogen-bond acceptors (Lipinski definition) is 2. The highest BCUT2D eigenvalue weighted by molar-refractivity contribution is 7.99. The molecule has 1 rings (SSSR count). The van der Waals surface area contributed by atoms with Gasteiger partial charge < -0.3 is 5.32 Å². The molecule has 1 aliphatic heterocycles. The lowest BCUT2D eigenvalue weighted by molar-refractivity contribution is -0.126. The van der Waals surface area contributed by atoms with E-state index in [1.807, 2.05) is 11.8 Å². The maximum Gasteiger partial charge on any atom is 0.401 e. The van der Waals surface area contributed by atoms with Crippen molar-refractivity contribution in [1.29, 1.82) is 0 Å². The molecule has 5 heteroatoms. The molecule has 72 valence electrons. The molecular weight excluding hydrogens is 187 g/mol. The molecule has 1 aliphatic rings. The molecule has 1 N–H and O–H groups in total. The lowest BCUT2D eigenvalue weighted by Gasteiger charge is -2.23. The minimum atomic E-state index is -4.06. The van der Waals surface area contributed by atoms with Crippen LogP contribution in [0.5, 0.6) is 0 Å². The summed E-state index contributed by atoms with van der Waals surface area (Å²) in [5.41, 5.74) is 0. The topological polar surface area (TPSA) is 12.0 Å². The SMILES string of the molecule is FC(F)(F)CNC1CCSCC1. The molecule has 0 unspecified atom stereocenters. The van der Waals surface area contributed by atoms with E-state index in [-0.39, 0.29) is 6.04 Å². The van der Waals surface area contributed by atoms with Crippen molar-refractivity contribution >= 4 is 11.8 Å². The molecule has 0 aromatic heterocycles. The fraction of sp³-hybridized carbons (Fsp3) is 1.00. The predicted molar refractivity (Wildman–Crippen MR) is 44.4 cm³/mol. The Labute approximate surface area is 74.1 Å². The molecule has 1 heterocycles. The van der Waals surface area contributed by atoms with Crippen molar-refractivity contribution in [2.75, 3.05) is 18.1 Å². The first-order valence-corrected chi connectivity index (χ1v) is 5.11. The Hall–Kier alpha value is 0.100. The normalized spacial score (nSPS) is 21.2. The van der Waals surface area contributed by atoms with Gasteiger partial charge in [0.25, 0.3) is 0 Å². The Balaban J connectivity index is 2.13. The van der Waals surface area contributed by atoms with E-state index in [0.29, 0.717) is 0 Å². The molecule has 0 saturated carbocycles. The van der Waals surface area contributed by atoms with Crippen LogP contribution in [0, 0.1) is 0 Å². The highest BCUT2D eigenvalue weighted by Crippen LogP contribution is 2.19. The third-order valence-electron chi connectivity index (χ3n) is 1.81. The fourth-order valence-corrected chi connectivity index (χ4v) is 2.27. The van der Waals surface area contributed by atoms with E-state index in [0.717, 1.165) is 24.3 Å². The Kier molecular flexibility index (Phi) is 3.71. The summed E-state index contributed by atoms with van der Waals surface area (Å²) in [5.74, 6) is 1.96. The summed E-state index contributed by atoms with van der Waals surface area (Å²) in [7, 11) is 0. The predicted octanol–water partition coefficient (Wildman–Crippen LogP) is 2.03. The first-order chi connectivity index (χ1) is 5.58. The van der Waals surface area contributed by atoms with Gasteiger partial charge in [0.15, 0.2) is 0 Å². The molecule has 0 aromatic carbocycles. The van der Waals surface area contributed by atoms with Gasteiger partial charge in [-0.25, -0.2) is 0 Å². The molecule has 1 nitrogen and oxygen atoms in total. The van der Waals surface area contributed by atoms with Crippen molar-refractivity contribution < 1.29 is 13.2 Å². The Morgan fingerprint density at radius 2 is 1.83 bits per heavy atom. The number of rotatable bonds is 2.